The summed E-state index contributed by atoms with van der Waals surface area (Å²) < 4.78 is 5.77. The molecule has 1 nitrogen and oxygen atoms in total. The Labute approximate surface area is 72.9 Å². The van der Waals surface area contributed by atoms with Crippen LogP contribution in [0.4, 0.5) is 0 Å². The van der Waals surface area contributed by atoms with Crippen LogP contribution in [-0.2, 0) is 4.74 Å². The molecule has 0 aromatic heterocycles. The van der Waals surface area contributed by atoms with E-state index in [1.54, 1.807) is 0 Å². The summed E-state index contributed by atoms with van der Waals surface area (Å²) in [6, 6.07) is 0. The zero-order valence-electron chi connectivity index (χ0n) is 7.30. The molecule has 2 unspecified atom stereocenters. The summed E-state index contributed by atoms with van der Waals surface area (Å²) in [5.74, 6) is 2.25. The van der Waals surface area contributed by atoms with Gasteiger partial charge < -0.3 is 4.74 Å². The van der Waals surface area contributed by atoms with Crippen molar-refractivity contribution in [2.45, 2.75) is 37.5 Å². The van der Waals surface area contributed by atoms with Crippen molar-refractivity contribution in [3.63, 3.8) is 0 Å². The van der Waals surface area contributed by atoms with Gasteiger partial charge in [-0.15, -0.1) is 0 Å². The number of hydrogen-bond acceptors (Lipinski definition) is 2. The lowest BCUT2D eigenvalue weighted by Crippen LogP contribution is -2.23. The number of thioether (sulfide) groups is 1. The molecule has 2 atom stereocenters. The highest BCUT2D eigenvalue weighted by atomic mass is 32.2. The third kappa shape index (κ3) is 1.73. The third-order valence-corrected chi connectivity index (χ3v) is 4.39. The Hall–Kier alpha value is 0.310. The fourth-order valence-electron chi connectivity index (χ4n) is 1.85. The van der Waals surface area contributed by atoms with Gasteiger partial charge in [0.15, 0.2) is 0 Å². The summed E-state index contributed by atoms with van der Waals surface area (Å²) in [7, 11) is 0. The van der Waals surface area contributed by atoms with Gasteiger partial charge in [0, 0.05) is 4.75 Å². The Kier molecular flexibility index (Phi) is 1.92. The SMILES string of the molecule is CC1(C)SCCC1CC1CO1. The standard InChI is InChI=1S/C9H16OS/c1-9(2)7(3-4-11-9)5-8-6-10-8/h7-8H,3-6H2,1-2H3. The van der Waals surface area contributed by atoms with E-state index in [-0.39, 0.29) is 0 Å². The molecule has 0 radical (unpaired) electrons. The molecule has 11 heavy (non-hydrogen) atoms. The lowest BCUT2D eigenvalue weighted by Gasteiger charge is -2.25. The first-order valence-corrected chi connectivity index (χ1v) is 5.42. The summed E-state index contributed by atoms with van der Waals surface area (Å²) >= 11 is 2.12. The van der Waals surface area contributed by atoms with E-state index in [2.05, 4.69) is 25.6 Å². The topological polar surface area (TPSA) is 12.5 Å². The van der Waals surface area contributed by atoms with E-state index < -0.39 is 0 Å². The smallest absolute Gasteiger partial charge is 0.0813 e. The van der Waals surface area contributed by atoms with E-state index >= 15 is 0 Å². The molecule has 0 bridgehead atoms. The molecule has 0 aliphatic carbocycles. The van der Waals surface area contributed by atoms with Gasteiger partial charge in [-0.1, -0.05) is 13.8 Å². The number of rotatable bonds is 2. The van der Waals surface area contributed by atoms with Crippen molar-refractivity contribution in [3.05, 3.63) is 0 Å². The van der Waals surface area contributed by atoms with Crippen molar-refractivity contribution in [2.24, 2.45) is 5.92 Å². The van der Waals surface area contributed by atoms with E-state index in [0.29, 0.717) is 10.9 Å². The van der Waals surface area contributed by atoms with Crippen LogP contribution in [0.5, 0.6) is 0 Å². The lowest BCUT2D eigenvalue weighted by molar-refractivity contribution is 0.324. The minimum atomic E-state index is 0.520. The summed E-state index contributed by atoms with van der Waals surface area (Å²) in [5, 5.41) is 0. The Bertz CT molecular complexity index is 152. The maximum atomic E-state index is 5.25. The highest BCUT2D eigenvalue weighted by Crippen LogP contribution is 2.45. The monoisotopic (exact) mass is 172 g/mol. The van der Waals surface area contributed by atoms with Gasteiger partial charge in [-0.05, 0) is 24.5 Å². The van der Waals surface area contributed by atoms with Gasteiger partial charge in [-0.25, -0.2) is 0 Å². The zero-order chi connectivity index (χ0) is 7.90. The fraction of sp³-hybridized carbons (Fsp3) is 1.00. The van der Waals surface area contributed by atoms with E-state index in [0.717, 1.165) is 12.5 Å². The van der Waals surface area contributed by atoms with E-state index in [1.807, 2.05) is 0 Å². The molecule has 2 aliphatic rings. The Morgan fingerprint density at radius 3 is 2.73 bits per heavy atom. The van der Waals surface area contributed by atoms with Crippen LogP contribution in [0.15, 0.2) is 0 Å². The van der Waals surface area contributed by atoms with E-state index in [9.17, 15) is 0 Å². The predicted molar refractivity (Wildman–Crippen MR) is 49.0 cm³/mol. The van der Waals surface area contributed by atoms with Crippen LogP contribution in [-0.4, -0.2) is 23.2 Å². The van der Waals surface area contributed by atoms with Crippen molar-refractivity contribution in [2.75, 3.05) is 12.4 Å². The van der Waals surface area contributed by atoms with Gasteiger partial charge in [0.1, 0.15) is 0 Å². The molecule has 0 aromatic carbocycles. The van der Waals surface area contributed by atoms with E-state index in [4.69, 9.17) is 4.74 Å². The van der Waals surface area contributed by atoms with Gasteiger partial charge in [-0.3, -0.25) is 0 Å². The molecular weight excluding hydrogens is 156 g/mol. The van der Waals surface area contributed by atoms with Crippen molar-refractivity contribution >= 4 is 11.8 Å². The highest BCUT2D eigenvalue weighted by Gasteiger charge is 2.39. The maximum Gasteiger partial charge on any atom is 0.0813 e. The Balaban J connectivity index is 1.90. The summed E-state index contributed by atoms with van der Waals surface area (Å²) in [4.78, 5) is 0. The molecule has 0 aromatic rings. The molecule has 0 amide bonds. The van der Waals surface area contributed by atoms with Gasteiger partial charge in [0.05, 0.1) is 12.7 Å². The van der Waals surface area contributed by atoms with Gasteiger partial charge >= 0.3 is 0 Å². The average molecular weight is 172 g/mol. The molecule has 0 N–H and O–H groups in total. The Morgan fingerprint density at radius 2 is 2.27 bits per heavy atom. The van der Waals surface area contributed by atoms with Gasteiger partial charge in [0.2, 0.25) is 0 Å². The largest absolute Gasteiger partial charge is 0.373 e. The number of ether oxygens (including phenoxy) is 1. The first-order chi connectivity index (χ1) is 5.18. The van der Waals surface area contributed by atoms with E-state index in [1.165, 1.54) is 18.6 Å². The quantitative estimate of drug-likeness (QED) is 0.593. The van der Waals surface area contributed by atoms with Crippen LogP contribution in [0, 0.1) is 5.92 Å². The molecule has 2 aliphatic heterocycles. The molecule has 2 saturated heterocycles. The molecule has 2 heteroatoms. The Morgan fingerprint density at radius 1 is 1.55 bits per heavy atom. The number of hydrogen-bond donors (Lipinski definition) is 0. The van der Waals surface area contributed by atoms with Crippen LogP contribution in [0.25, 0.3) is 0 Å². The van der Waals surface area contributed by atoms with Crippen molar-refractivity contribution in [1.82, 2.24) is 0 Å². The fourth-order valence-corrected chi connectivity index (χ4v) is 3.23. The second-order valence-electron chi connectivity index (χ2n) is 4.13. The van der Waals surface area contributed by atoms with Crippen LogP contribution >= 0.6 is 11.8 Å². The third-order valence-electron chi connectivity index (χ3n) is 2.87. The molecule has 0 saturated carbocycles. The number of epoxide rings is 1. The average Bonchev–Trinajstić information content (AvgIpc) is 2.63. The van der Waals surface area contributed by atoms with Crippen molar-refractivity contribution < 1.29 is 4.74 Å². The molecular formula is C9H16OS. The first kappa shape index (κ1) is 7.93. The molecule has 0 spiro atoms. The maximum absolute atomic E-state index is 5.25. The van der Waals surface area contributed by atoms with Crippen LogP contribution in [0.2, 0.25) is 0 Å². The highest BCUT2D eigenvalue weighted by molar-refractivity contribution is 8.00. The summed E-state index contributed by atoms with van der Waals surface area (Å²) in [5.41, 5.74) is 0. The lowest BCUT2D eigenvalue weighted by atomic mass is 9.89. The molecule has 2 rings (SSSR count). The normalized spacial score (nSPS) is 40.9. The van der Waals surface area contributed by atoms with Crippen LogP contribution in [0.3, 0.4) is 0 Å². The molecule has 2 fully saturated rings. The molecule has 64 valence electrons. The second-order valence-corrected chi connectivity index (χ2v) is 5.88. The van der Waals surface area contributed by atoms with Crippen LogP contribution in [0.1, 0.15) is 26.7 Å². The zero-order valence-corrected chi connectivity index (χ0v) is 8.12. The van der Waals surface area contributed by atoms with Crippen molar-refractivity contribution in [1.29, 1.82) is 0 Å². The summed E-state index contributed by atoms with van der Waals surface area (Å²) in [6.07, 6.45) is 3.33. The second kappa shape index (κ2) is 2.67. The van der Waals surface area contributed by atoms with Crippen LogP contribution < -0.4 is 0 Å². The first-order valence-electron chi connectivity index (χ1n) is 4.44. The van der Waals surface area contributed by atoms with Crippen molar-refractivity contribution in [3.8, 4) is 0 Å². The molecule has 2 heterocycles. The summed E-state index contributed by atoms with van der Waals surface area (Å²) in [6.45, 7) is 5.77. The van der Waals surface area contributed by atoms with Gasteiger partial charge in [-0.2, -0.15) is 11.8 Å². The van der Waals surface area contributed by atoms with Gasteiger partial charge in [0.25, 0.3) is 0 Å². The minimum absolute atomic E-state index is 0.520. The predicted octanol–water partition coefficient (Wildman–Crippen LogP) is 2.31. The minimum Gasteiger partial charge on any atom is -0.373 e.